The van der Waals surface area contributed by atoms with Crippen LogP contribution in [0.3, 0.4) is 0 Å². The highest BCUT2D eigenvalue weighted by Gasteiger charge is 2.16. The summed E-state index contributed by atoms with van der Waals surface area (Å²) in [7, 11) is 0. The van der Waals surface area contributed by atoms with Gasteiger partial charge >= 0.3 is 0 Å². The third-order valence-electron chi connectivity index (χ3n) is 2.54. The van der Waals surface area contributed by atoms with Crippen molar-refractivity contribution in [2.24, 2.45) is 0 Å². The summed E-state index contributed by atoms with van der Waals surface area (Å²) in [5, 5.41) is 3.46. The van der Waals surface area contributed by atoms with Crippen molar-refractivity contribution in [3.8, 4) is 0 Å². The number of hydrogen-bond acceptors (Lipinski definition) is 2. The molecule has 1 atom stereocenters. The molecule has 1 heterocycles. The first-order chi connectivity index (χ1) is 6.77. The zero-order chi connectivity index (χ0) is 9.97. The molecule has 2 nitrogen and oxygen atoms in total. The van der Waals surface area contributed by atoms with Crippen molar-refractivity contribution in [1.29, 1.82) is 0 Å². The highest BCUT2D eigenvalue weighted by molar-refractivity contribution is 9.10. The number of halogens is 2. The van der Waals surface area contributed by atoms with Crippen LogP contribution >= 0.6 is 28.3 Å². The van der Waals surface area contributed by atoms with E-state index in [1.807, 2.05) is 0 Å². The van der Waals surface area contributed by atoms with E-state index in [4.69, 9.17) is 4.74 Å². The minimum absolute atomic E-state index is 0. The van der Waals surface area contributed by atoms with Crippen molar-refractivity contribution in [1.82, 2.24) is 5.32 Å². The van der Waals surface area contributed by atoms with Crippen LogP contribution in [0.25, 0.3) is 0 Å². The Morgan fingerprint density at radius 1 is 1.47 bits per heavy atom. The first kappa shape index (κ1) is 13.0. The molecule has 84 valence electrons. The fraction of sp³-hybridized carbons (Fsp3) is 0.455. The van der Waals surface area contributed by atoms with Gasteiger partial charge in [0.15, 0.2) is 0 Å². The van der Waals surface area contributed by atoms with Gasteiger partial charge in [0, 0.05) is 11.0 Å². The fourth-order valence-electron chi connectivity index (χ4n) is 1.75. The molecule has 4 heteroatoms. The smallest absolute Gasteiger partial charge is 0.0662 e. The lowest BCUT2D eigenvalue weighted by molar-refractivity contribution is 0.0767. The quantitative estimate of drug-likeness (QED) is 0.859. The highest BCUT2D eigenvalue weighted by atomic mass is 79.9. The van der Waals surface area contributed by atoms with Gasteiger partial charge in [0.25, 0.3) is 0 Å². The topological polar surface area (TPSA) is 21.3 Å². The highest BCUT2D eigenvalue weighted by Crippen LogP contribution is 2.23. The van der Waals surface area contributed by atoms with E-state index in [2.05, 4.69) is 46.4 Å². The average molecular weight is 293 g/mol. The normalized spacial score (nSPS) is 20.8. The Hall–Kier alpha value is -0.0900. The summed E-state index contributed by atoms with van der Waals surface area (Å²) in [6.07, 6.45) is 0. The SMILES string of the molecule is Cc1ccc(Br)cc1[C@@H]1COCCN1.Cl. The monoisotopic (exact) mass is 291 g/mol. The predicted molar refractivity (Wildman–Crippen MR) is 67.7 cm³/mol. The lowest BCUT2D eigenvalue weighted by Crippen LogP contribution is -2.34. The Balaban J connectivity index is 0.00000112. The maximum absolute atomic E-state index is 5.45. The Morgan fingerprint density at radius 3 is 2.93 bits per heavy atom. The molecule has 15 heavy (non-hydrogen) atoms. The maximum atomic E-state index is 5.45. The van der Waals surface area contributed by atoms with Gasteiger partial charge in [-0.2, -0.15) is 0 Å². The van der Waals surface area contributed by atoms with E-state index >= 15 is 0 Å². The van der Waals surface area contributed by atoms with E-state index in [0.29, 0.717) is 6.04 Å². The first-order valence-corrected chi connectivity index (χ1v) is 5.64. The first-order valence-electron chi connectivity index (χ1n) is 4.84. The Bertz CT molecular complexity index is 326. The lowest BCUT2D eigenvalue weighted by atomic mass is 10.0. The van der Waals surface area contributed by atoms with Gasteiger partial charge in [-0.3, -0.25) is 0 Å². The van der Waals surface area contributed by atoms with Gasteiger partial charge in [0.05, 0.1) is 19.3 Å². The molecule has 0 bridgehead atoms. The van der Waals surface area contributed by atoms with Gasteiger partial charge < -0.3 is 10.1 Å². The number of morpholine rings is 1. The van der Waals surface area contributed by atoms with Gasteiger partial charge in [-0.05, 0) is 30.2 Å². The van der Waals surface area contributed by atoms with Crippen LogP contribution in [0, 0.1) is 6.92 Å². The van der Waals surface area contributed by atoms with Gasteiger partial charge in [0.1, 0.15) is 0 Å². The molecule has 0 aromatic heterocycles. The van der Waals surface area contributed by atoms with Crippen molar-refractivity contribution in [3.05, 3.63) is 33.8 Å². The molecule has 1 aliphatic rings. The average Bonchev–Trinajstić information content (AvgIpc) is 2.23. The van der Waals surface area contributed by atoms with Crippen molar-refractivity contribution in [2.45, 2.75) is 13.0 Å². The predicted octanol–water partition coefficient (Wildman–Crippen LogP) is 2.84. The molecule has 1 aliphatic heterocycles. The van der Waals surface area contributed by atoms with E-state index in [0.717, 1.165) is 24.2 Å². The molecule has 1 fully saturated rings. The molecule has 2 rings (SSSR count). The minimum atomic E-state index is 0. The largest absolute Gasteiger partial charge is 0.378 e. The van der Waals surface area contributed by atoms with E-state index in [9.17, 15) is 0 Å². The zero-order valence-electron chi connectivity index (χ0n) is 8.63. The van der Waals surface area contributed by atoms with Crippen molar-refractivity contribution in [3.63, 3.8) is 0 Å². The fourth-order valence-corrected chi connectivity index (χ4v) is 2.13. The standard InChI is InChI=1S/C11H14BrNO.ClH/c1-8-2-3-9(12)6-10(8)11-7-14-5-4-13-11;/h2-3,6,11,13H,4-5,7H2,1H3;1H/t11-;/m0./s1. The van der Waals surface area contributed by atoms with E-state index in [-0.39, 0.29) is 12.4 Å². The van der Waals surface area contributed by atoms with Crippen LogP contribution in [0.5, 0.6) is 0 Å². The summed E-state index contributed by atoms with van der Waals surface area (Å²) in [5.74, 6) is 0. The number of hydrogen-bond donors (Lipinski definition) is 1. The summed E-state index contributed by atoms with van der Waals surface area (Å²) >= 11 is 3.49. The number of nitrogens with one attached hydrogen (secondary N) is 1. The van der Waals surface area contributed by atoms with Crippen LogP contribution in [0.4, 0.5) is 0 Å². The van der Waals surface area contributed by atoms with Crippen LogP contribution in [-0.2, 0) is 4.74 Å². The molecule has 1 aromatic rings. The van der Waals surface area contributed by atoms with Crippen LogP contribution in [0.1, 0.15) is 17.2 Å². The summed E-state index contributed by atoms with van der Waals surface area (Å²) in [4.78, 5) is 0. The van der Waals surface area contributed by atoms with E-state index in [1.54, 1.807) is 0 Å². The van der Waals surface area contributed by atoms with Gasteiger partial charge in [0.2, 0.25) is 0 Å². The Kier molecular flexibility index (Phi) is 5.06. The molecular weight excluding hydrogens is 277 g/mol. The van der Waals surface area contributed by atoms with Crippen molar-refractivity contribution >= 4 is 28.3 Å². The van der Waals surface area contributed by atoms with Crippen molar-refractivity contribution < 1.29 is 4.74 Å². The lowest BCUT2D eigenvalue weighted by Gasteiger charge is -2.25. The van der Waals surface area contributed by atoms with Crippen molar-refractivity contribution in [2.75, 3.05) is 19.8 Å². The van der Waals surface area contributed by atoms with Crippen LogP contribution in [0.2, 0.25) is 0 Å². The number of benzene rings is 1. The van der Waals surface area contributed by atoms with Crippen LogP contribution in [0.15, 0.2) is 22.7 Å². The molecule has 0 radical (unpaired) electrons. The summed E-state index contributed by atoms with van der Waals surface area (Å²) in [6.45, 7) is 4.68. The molecule has 0 unspecified atom stereocenters. The molecule has 1 aromatic carbocycles. The Morgan fingerprint density at radius 2 is 2.27 bits per heavy atom. The van der Waals surface area contributed by atoms with Crippen LogP contribution in [-0.4, -0.2) is 19.8 Å². The third-order valence-corrected chi connectivity index (χ3v) is 3.03. The summed E-state index contributed by atoms with van der Waals surface area (Å²) in [6, 6.07) is 6.72. The molecule has 0 aliphatic carbocycles. The van der Waals surface area contributed by atoms with Gasteiger partial charge in [-0.1, -0.05) is 22.0 Å². The zero-order valence-corrected chi connectivity index (χ0v) is 11.0. The van der Waals surface area contributed by atoms with Gasteiger partial charge in [-0.25, -0.2) is 0 Å². The second-order valence-electron chi connectivity index (χ2n) is 3.58. The van der Waals surface area contributed by atoms with Gasteiger partial charge in [-0.15, -0.1) is 12.4 Å². The molecule has 1 N–H and O–H groups in total. The number of aryl methyl sites for hydroxylation is 1. The number of ether oxygens (including phenoxy) is 1. The maximum Gasteiger partial charge on any atom is 0.0662 e. The minimum Gasteiger partial charge on any atom is -0.378 e. The number of rotatable bonds is 1. The molecule has 0 spiro atoms. The molecular formula is C11H15BrClNO. The molecule has 0 saturated carbocycles. The van der Waals surface area contributed by atoms with E-state index in [1.165, 1.54) is 11.1 Å². The summed E-state index contributed by atoms with van der Waals surface area (Å²) in [5.41, 5.74) is 2.65. The second kappa shape index (κ2) is 5.85. The molecule has 1 saturated heterocycles. The molecule has 0 amide bonds. The second-order valence-corrected chi connectivity index (χ2v) is 4.50. The van der Waals surface area contributed by atoms with Crippen LogP contribution < -0.4 is 5.32 Å². The summed E-state index contributed by atoms with van der Waals surface area (Å²) < 4.78 is 6.58. The third kappa shape index (κ3) is 3.18. The van der Waals surface area contributed by atoms with E-state index < -0.39 is 0 Å². The Labute approximate surface area is 105 Å².